The van der Waals surface area contributed by atoms with Crippen LogP contribution in [0.4, 0.5) is 11.4 Å². The Morgan fingerprint density at radius 3 is 2.37 bits per heavy atom. The molecule has 0 amide bonds. The Hall–Kier alpha value is -3.46. The molecule has 1 aliphatic rings. The van der Waals surface area contributed by atoms with Crippen LogP contribution in [0.5, 0.6) is 0 Å². The van der Waals surface area contributed by atoms with E-state index >= 15 is 0 Å². The van der Waals surface area contributed by atoms with Crippen molar-refractivity contribution in [3.8, 4) is 0 Å². The predicted molar refractivity (Wildman–Crippen MR) is 151 cm³/mol. The molecule has 0 spiro atoms. The first-order chi connectivity index (χ1) is 18.0. The highest BCUT2D eigenvalue weighted by molar-refractivity contribution is 7.86. The number of carbonyl (C=O) groups excluding carboxylic acids is 1. The van der Waals surface area contributed by atoms with Gasteiger partial charge < -0.3 is 15.2 Å². The van der Waals surface area contributed by atoms with Crippen molar-refractivity contribution in [2.24, 2.45) is 0 Å². The van der Waals surface area contributed by atoms with Crippen LogP contribution < -0.4 is 14.9 Å². The van der Waals surface area contributed by atoms with Crippen LogP contribution in [0.2, 0.25) is 0 Å². The molecule has 0 unspecified atom stereocenters. The van der Waals surface area contributed by atoms with Gasteiger partial charge in [0, 0.05) is 40.5 Å². The molecule has 2 N–H and O–H groups in total. The van der Waals surface area contributed by atoms with Gasteiger partial charge >= 0.3 is 0 Å². The number of para-hydroxylation sites is 1. The van der Waals surface area contributed by atoms with Crippen molar-refractivity contribution in [2.45, 2.75) is 50.3 Å². The summed E-state index contributed by atoms with van der Waals surface area (Å²) in [7, 11) is -0.175. The Kier molecular flexibility index (Phi) is 8.06. The van der Waals surface area contributed by atoms with Gasteiger partial charge in [0.1, 0.15) is 16.3 Å². The number of allylic oxidation sites excluding steroid dienone is 3. The lowest BCUT2D eigenvalue weighted by molar-refractivity contribution is -0.305. The molecule has 0 radical (unpaired) electrons. The van der Waals surface area contributed by atoms with Gasteiger partial charge in [-0.1, -0.05) is 43.7 Å². The van der Waals surface area contributed by atoms with Crippen molar-refractivity contribution in [3.63, 3.8) is 0 Å². The molecule has 1 heterocycles. The summed E-state index contributed by atoms with van der Waals surface area (Å²) in [5.41, 5.74) is 6.23. The molecule has 0 aromatic heterocycles. The van der Waals surface area contributed by atoms with Crippen molar-refractivity contribution in [3.05, 3.63) is 83.7 Å². The van der Waals surface area contributed by atoms with Gasteiger partial charge in [-0.3, -0.25) is 9.04 Å². The van der Waals surface area contributed by atoms with E-state index < -0.39 is 16.1 Å². The van der Waals surface area contributed by atoms with Gasteiger partial charge in [0.2, 0.25) is 0 Å². The molecule has 1 aliphatic heterocycles. The molecule has 0 aliphatic carbocycles. The third-order valence-corrected chi connectivity index (χ3v) is 8.08. The molecule has 0 bridgehead atoms. The minimum Gasteiger partial charge on any atom is -0.550 e. The first-order valence-corrected chi connectivity index (χ1v) is 14.3. The standard InChI is InChI=1S/C30H34N2O5S/c1-4-21(31-22-12-7-5-8-13-22)20-27-25(14-9-6-10-17-29(33)34)30-24-15-11-16-28(38(35,36)37)23(24)18-19-26(30)32(27,2)3/h5,7-8,11-13,15-16,18-20,31H,4,6,9-10,14,17H2,1-3H3,(H-,33,34,35,36,37). The lowest BCUT2D eigenvalue weighted by atomic mass is 9.93. The van der Waals surface area contributed by atoms with Gasteiger partial charge in [0.15, 0.2) is 0 Å². The van der Waals surface area contributed by atoms with Crippen LogP contribution in [0.1, 0.15) is 51.0 Å². The molecule has 0 fully saturated rings. The number of hydrogen-bond acceptors (Lipinski definition) is 5. The zero-order valence-electron chi connectivity index (χ0n) is 22.0. The number of nitrogens with zero attached hydrogens (tertiary/aromatic N) is 1. The highest BCUT2D eigenvalue weighted by Gasteiger charge is 2.39. The van der Waals surface area contributed by atoms with Gasteiger partial charge in [0.05, 0.1) is 19.7 Å². The van der Waals surface area contributed by atoms with Crippen LogP contribution >= 0.6 is 0 Å². The minimum absolute atomic E-state index is 0.0333. The minimum atomic E-state index is -4.40. The van der Waals surface area contributed by atoms with E-state index in [4.69, 9.17) is 0 Å². The number of benzene rings is 3. The number of nitrogens with one attached hydrogen (secondary N) is 1. The quantitative estimate of drug-likeness (QED) is 0.192. The van der Waals surface area contributed by atoms with Gasteiger partial charge in [-0.25, -0.2) is 0 Å². The largest absolute Gasteiger partial charge is 0.550 e. The molecular weight excluding hydrogens is 500 g/mol. The zero-order chi connectivity index (χ0) is 27.5. The smallest absolute Gasteiger partial charge is 0.295 e. The summed E-state index contributed by atoms with van der Waals surface area (Å²) in [6.45, 7) is 2.10. The SMILES string of the molecule is CCC(=CC1=C(CCCCCC(=O)[O-])c2c(ccc3c(S(=O)(=O)O)cccc23)[N+]1(C)C)Nc1ccccc1. The third kappa shape index (κ3) is 5.67. The van der Waals surface area contributed by atoms with E-state index in [1.54, 1.807) is 12.1 Å². The first-order valence-electron chi connectivity index (χ1n) is 12.9. The number of fused-ring (bicyclic) bond motifs is 3. The first kappa shape index (κ1) is 27.6. The van der Waals surface area contributed by atoms with E-state index in [-0.39, 0.29) is 11.3 Å². The lowest BCUT2D eigenvalue weighted by Gasteiger charge is -2.27. The van der Waals surface area contributed by atoms with Gasteiger partial charge in [-0.15, -0.1) is 0 Å². The fourth-order valence-electron chi connectivity index (χ4n) is 5.27. The van der Waals surface area contributed by atoms with E-state index in [9.17, 15) is 22.9 Å². The van der Waals surface area contributed by atoms with Crippen molar-refractivity contribution < 1.29 is 22.9 Å². The number of quaternary nitrogens is 1. The van der Waals surface area contributed by atoms with Gasteiger partial charge in [-0.05, 0) is 61.8 Å². The van der Waals surface area contributed by atoms with Crippen molar-refractivity contribution >= 4 is 43.8 Å². The average molecular weight is 535 g/mol. The number of hydrogen-bond donors (Lipinski definition) is 2. The number of anilines is 1. The fraction of sp³-hybridized carbons (Fsp3) is 0.300. The molecule has 0 saturated heterocycles. The maximum Gasteiger partial charge on any atom is 0.295 e. The average Bonchev–Trinajstić information content (AvgIpc) is 3.09. The topological polar surface area (TPSA) is 107 Å². The van der Waals surface area contributed by atoms with Gasteiger partial charge in [-0.2, -0.15) is 8.42 Å². The molecule has 38 heavy (non-hydrogen) atoms. The fourth-order valence-corrected chi connectivity index (χ4v) is 5.98. The normalized spacial score (nSPS) is 15.1. The Morgan fingerprint density at radius 1 is 0.974 bits per heavy atom. The summed E-state index contributed by atoms with van der Waals surface area (Å²) in [4.78, 5) is 10.8. The lowest BCUT2D eigenvalue weighted by Crippen LogP contribution is -2.36. The molecule has 3 aromatic rings. The number of unbranched alkanes of at least 4 members (excludes halogenated alkanes) is 2. The summed E-state index contributed by atoms with van der Waals surface area (Å²) in [5.74, 6) is -1.04. The van der Waals surface area contributed by atoms with Crippen LogP contribution in [0, 0.1) is 0 Å². The Balaban J connectivity index is 1.87. The van der Waals surface area contributed by atoms with Crippen molar-refractivity contribution in [1.82, 2.24) is 4.48 Å². The van der Waals surface area contributed by atoms with E-state index in [2.05, 4.69) is 32.4 Å². The number of rotatable bonds is 11. The zero-order valence-corrected chi connectivity index (χ0v) is 22.8. The van der Waals surface area contributed by atoms with Crippen molar-refractivity contribution in [2.75, 3.05) is 19.4 Å². The van der Waals surface area contributed by atoms with Crippen molar-refractivity contribution in [1.29, 1.82) is 0 Å². The summed E-state index contributed by atoms with van der Waals surface area (Å²) < 4.78 is 34.6. The molecule has 4 rings (SSSR count). The third-order valence-electron chi connectivity index (χ3n) is 7.17. The summed E-state index contributed by atoms with van der Waals surface area (Å²) in [6.07, 6.45) is 5.76. The Bertz CT molecular complexity index is 1520. The maximum absolute atomic E-state index is 12.1. The molecule has 200 valence electrons. The second-order valence-electron chi connectivity index (χ2n) is 10.1. The van der Waals surface area contributed by atoms with Crippen LogP contribution in [0.15, 0.2) is 83.0 Å². The molecular formula is C30H34N2O5S. The summed E-state index contributed by atoms with van der Waals surface area (Å²) in [6, 6.07) is 18.7. The Morgan fingerprint density at radius 2 is 1.71 bits per heavy atom. The number of carboxylic acids is 1. The second-order valence-corrected chi connectivity index (χ2v) is 11.4. The number of carboxylic acid groups (broad SMARTS) is 1. The van der Waals surface area contributed by atoms with E-state index in [1.807, 2.05) is 42.5 Å². The molecule has 8 heteroatoms. The second kappa shape index (κ2) is 11.1. The molecule has 3 aromatic carbocycles. The van der Waals surface area contributed by atoms with E-state index in [1.165, 1.54) is 6.07 Å². The summed E-state index contributed by atoms with van der Waals surface area (Å²) >= 11 is 0. The highest BCUT2D eigenvalue weighted by atomic mass is 32.2. The highest BCUT2D eigenvalue weighted by Crippen LogP contribution is 2.49. The summed E-state index contributed by atoms with van der Waals surface area (Å²) in [5, 5.41) is 15.7. The van der Waals surface area contributed by atoms with Gasteiger partial charge in [0.25, 0.3) is 10.1 Å². The van der Waals surface area contributed by atoms with E-state index in [0.717, 1.165) is 58.6 Å². The number of aliphatic carboxylic acids is 1. The predicted octanol–water partition coefficient (Wildman–Crippen LogP) is 5.48. The molecule has 7 nitrogen and oxygen atoms in total. The van der Waals surface area contributed by atoms with Crippen LogP contribution in [-0.4, -0.2) is 33.0 Å². The number of likely N-dealkylation sites (N-methyl/N-ethyl adjacent to an activating group) is 1. The Labute approximate surface area is 224 Å². The van der Waals surface area contributed by atoms with Crippen LogP contribution in [-0.2, 0) is 14.9 Å². The molecule has 0 saturated carbocycles. The molecule has 0 atom stereocenters. The van der Waals surface area contributed by atoms with Crippen LogP contribution in [0.3, 0.4) is 0 Å². The maximum atomic E-state index is 12.1. The number of carbonyl (C=O) groups is 1. The van der Waals surface area contributed by atoms with Crippen LogP contribution in [0.25, 0.3) is 16.3 Å². The van der Waals surface area contributed by atoms with E-state index in [0.29, 0.717) is 22.7 Å². The monoisotopic (exact) mass is 534 g/mol.